The van der Waals surface area contributed by atoms with Crippen molar-refractivity contribution in [3.05, 3.63) is 64.7 Å². The van der Waals surface area contributed by atoms with Crippen molar-refractivity contribution in [3.63, 3.8) is 0 Å². The molecule has 0 aromatic heterocycles. The summed E-state index contributed by atoms with van der Waals surface area (Å²) in [5.41, 5.74) is 3.93. The summed E-state index contributed by atoms with van der Waals surface area (Å²) in [4.78, 5) is 0.413. The largest absolute Gasteiger partial charge is 0.241 e. The third-order valence-corrected chi connectivity index (χ3v) is 6.32. The van der Waals surface area contributed by atoms with E-state index in [1.165, 1.54) is 5.56 Å². The molecule has 0 fully saturated rings. The third kappa shape index (κ3) is 5.09. The summed E-state index contributed by atoms with van der Waals surface area (Å²) in [6.45, 7) is 6.11. The second-order valence-corrected chi connectivity index (χ2v) is 8.47. The minimum atomic E-state index is -3.45. The molecule has 0 spiro atoms. The van der Waals surface area contributed by atoms with E-state index in [1.54, 1.807) is 11.8 Å². The molecule has 124 valence electrons. The maximum absolute atomic E-state index is 12.5. The number of benzene rings is 2. The van der Waals surface area contributed by atoms with Crippen LogP contribution in [-0.2, 0) is 15.8 Å². The van der Waals surface area contributed by atoms with E-state index in [-0.39, 0.29) is 0 Å². The van der Waals surface area contributed by atoms with Crippen molar-refractivity contribution in [2.75, 3.05) is 12.3 Å². The van der Waals surface area contributed by atoms with Crippen LogP contribution in [0.2, 0.25) is 0 Å². The Bertz CT molecular complexity index is 733. The fourth-order valence-corrected chi connectivity index (χ4v) is 5.10. The maximum atomic E-state index is 12.5. The average Bonchev–Trinajstić information content (AvgIpc) is 2.46. The minimum absolute atomic E-state index is 0.413. The molecule has 2 aromatic rings. The van der Waals surface area contributed by atoms with Gasteiger partial charge < -0.3 is 0 Å². The van der Waals surface area contributed by atoms with Crippen LogP contribution in [0, 0.1) is 20.8 Å². The third-order valence-electron chi connectivity index (χ3n) is 3.52. The summed E-state index contributed by atoms with van der Waals surface area (Å²) in [7, 11) is -3.45. The Balaban J connectivity index is 1.90. The van der Waals surface area contributed by atoms with Crippen molar-refractivity contribution >= 4 is 21.8 Å². The highest BCUT2D eigenvalue weighted by atomic mass is 32.2. The Morgan fingerprint density at radius 2 is 1.61 bits per heavy atom. The van der Waals surface area contributed by atoms with Gasteiger partial charge in [-0.05, 0) is 37.5 Å². The second kappa shape index (κ2) is 7.99. The van der Waals surface area contributed by atoms with E-state index in [4.69, 9.17) is 0 Å². The van der Waals surface area contributed by atoms with Crippen molar-refractivity contribution in [3.8, 4) is 0 Å². The van der Waals surface area contributed by atoms with Crippen LogP contribution in [0.3, 0.4) is 0 Å². The normalized spacial score (nSPS) is 11.6. The van der Waals surface area contributed by atoms with Gasteiger partial charge in [-0.15, -0.1) is 0 Å². The lowest BCUT2D eigenvalue weighted by Gasteiger charge is -2.13. The summed E-state index contributed by atoms with van der Waals surface area (Å²) >= 11 is 1.73. The first-order valence-electron chi connectivity index (χ1n) is 7.59. The van der Waals surface area contributed by atoms with Gasteiger partial charge in [0.25, 0.3) is 0 Å². The smallest absolute Gasteiger partial charge is 0.210 e. The van der Waals surface area contributed by atoms with Gasteiger partial charge in [0.05, 0.1) is 4.90 Å². The molecule has 23 heavy (non-hydrogen) atoms. The molecule has 0 saturated carbocycles. The average molecular weight is 350 g/mol. The van der Waals surface area contributed by atoms with Crippen molar-refractivity contribution in [2.45, 2.75) is 31.4 Å². The molecule has 0 radical (unpaired) electrons. The molecule has 0 unspecified atom stereocenters. The van der Waals surface area contributed by atoms with Crippen LogP contribution in [0.25, 0.3) is 0 Å². The second-order valence-electron chi connectivity index (χ2n) is 5.66. The number of hydrogen-bond donors (Lipinski definition) is 1. The SMILES string of the molecule is Cc1cc(C)c(S(=O)(=O)NCCSCc2ccccc2)c(C)c1. The monoisotopic (exact) mass is 349 g/mol. The van der Waals surface area contributed by atoms with E-state index >= 15 is 0 Å². The molecular weight excluding hydrogens is 326 g/mol. The van der Waals surface area contributed by atoms with Crippen molar-refractivity contribution < 1.29 is 8.42 Å². The van der Waals surface area contributed by atoms with Gasteiger partial charge in [0, 0.05) is 18.1 Å². The van der Waals surface area contributed by atoms with E-state index in [0.717, 1.165) is 28.2 Å². The Morgan fingerprint density at radius 1 is 1.00 bits per heavy atom. The topological polar surface area (TPSA) is 46.2 Å². The molecule has 0 amide bonds. The van der Waals surface area contributed by atoms with Crippen LogP contribution in [0.5, 0.6) is 0 Å². The molecule has 0 aliphatic rings. The number of thioether (sulfide) groups is 1. The highest BCUT2D eigenvalue weighted by Gasteiger charge is 2.19. The van der Waals surface area contributed by atoms with Crippen LogP contribution in [0.4, 0.5) is 0 Å². The van der Waals surface area contributed by atoms with Crippen molar-refractivity contribution in [1.82, 2.24) is 4.72 Å². The van der Waals surface area contributed by atoms with Crippen LogP contribution in [0.1, 0.15) is 22.3 Å². The lowest BCUT2D eigenvalue weighted by atomic mass is 10.1. The summed E-state index contributed by atoms with van der Waals surface area (Å²) in [5.74, 6) is 1.64. The molecule has 0 saturated heterocycles. The summed E-state index contributed by atoms with van der Waals surface area (Å²) in [5, 5.41) is 0. The fraction of sp³-hybridized carbons (Fsp3) is 0.333. The summed E-state index contributed by atoms with van der Waals surface area (Å²) < 4.78 is 27.7. The number of aryl methyl sites for hydroxylation is 3. The Labute approximate surface area is 143 Å². The number of sulfonamides is 1. The molecular formula is C18H23NO2S2. The Hall–Kier alpha value is -1.30. The number of nitrogens with one attached hydrogen (secondary N) is 1. The zero-order valence-electron chi connectivity index (χ0n) is 13.8. The number of rotatable bonds is 7. The van der Waals surface area contributed by atoms with Gasteiger partial charge in [-0.25, -0.2) is 13.1 Å². The lowest BCUT2D eigenvalue weighted by Crippen LogP contribution is -2.27. The van der Waals surface area contributed by atoms with Gasteiger partial charge in [0.1, 0.15) is 0 Å². The Morgan fingerprint density at radius 3 is 2.22 bits per heavy atom. The van der Waals surface area contributed by atoms with Crippen LogP contribution in [0.15, 0.2) is 47.4 Å². The van der Waals surface area contributed by atoms with Crippen LogP contribution >= 0.6 is 11.8 Å². The quantitative estimate of drug-likeness (QED) is 0.773. The van der Waals surface area contributed by atoms with E-state index in [1.807, 2.05) is 51.1 Å². The fourth-order valence-electron chi connectivity index (χ4n) is 2.68. The van der Waals surface area contributed by atoms with Crippen molar-refractivity contribution in [2.24, 2.45) is 0 Å². The van der Waals surface area contributed by atoms with E-state index in [0.29, 0.717) is 11.4 Å². The molecule has 0 aliphatic carbocycles. The summed E-state index contributed by atoms with van der Waals surface area (Å²) in [6.07, 6.45) is 0. The lowest BCUT2D eigenvalue weighted by molar-refractivity contribution is 0.583. The van der Waals surface area contributed by atoms with Gasteiger partial charge in [-0.2, -0.15) is 11.8 Å². The van der Waals surface area contributed by atoms with Gasteiger partial charge >= 0.3 is 0 Å². The highest BCUT2D eigenvalue weighted by molar-refractivity contribution is 7.98. The molecule has 1 N–H and O–H groups in total. The zero-order chi connectivity index (χ0) is 16.9. The molecule has 2 aromatic carbocycles. The minimum Gasteiger partial charge on any atom is -0.210 e. The van der Waals surface area contributed by atoms with Gasteiger partial charge in [0.15, 0.2) is 0 Å². The van der Waals surface area contributed by atoms with Crippen LogP contribution in [-0.4, -0.2) is 20.7 Å². The molecule has 0 heterocycles. The number of hydrogen-bond acceptors (Lipinski definition) is 3. The summed E-state index contributed by atoms with van der Waals surface area (Å²) in [6, 6.07) is 14.0. The molecule has 0 bridgehead atoms. The van der Waals surface area contributed by atoms with Gasteiger partial charge in [-0.1, -0.05) is 48.0 Å². The molecule has 5 heteroatoms. The van der Waals surface area contributed by atoms with E-state index in [2.05, 4.69) is 16.9 Å². The van der Waals surface area contributed by atoms with Gasteiger partial charge in [-0.3, -0.25) is 0 Å². The van der Waals surface area contributed by atoms with Crippen molar-refractivity contribution in [1.29, 1.82) is 0 Å². The predicted molar refractivity (Wildman–Crippen MR) is 98.4 cm³/mol. The first-order chi connectivity index (χ1) is 10.9. The molecule has 0 aliphatic heterocycles. The highest BCUT2D eigenvalue weighted by Crippen LogP contribution is 2.21. The van der Waals surface area contributed by atoms with Crippen LogP contribution < -0.4 is 4.72 Å². The predicted octanol–water partition coefficient (Wildman–Crippen LogP) is 3.82. The van der Waals surface area contributed by atoms with E-state index < -0.39 is 10.0 Å². The van der Waals surface area contributed by atoms with E-state index in [9.17, 15) is 8.42 Å². The first-order valence-corrected chi connectivity index (χ1v) is 10.2. The molecule has 3 nitrogen and oxygen atoms in total. The van der Waals surface area contributed by atoms with Gasteiger partial charge in [0.2, 0.25) is 10.0 Å². The first kappa shape index (κ1) is 18.0. The maximum Gasteiger partial charge on any atom is 0.241 e. The molecule has 2 rings (SSSR count). The Kier molecular flexibility index (Phi) is 6.27. The standard InChI is InChI=1S/C18H23NO2S2/c1-14-11-15(2)18(16(3)12-14)23(20,21)19-9-10-22-13-17-7-5-4-6-8-17/h4-8,11-12,19H,9-10,13H2,1-3H3. The zero-order valence-corrected chi connectivity index (χ0v) is 15.4. The molecule has 0 atom stereocenters.